The number of ether oxygens (including phenoxy) is 1. The highest BCUT2D eigenvalue weighted by atomic mass is 16.5. The number of nitrogens with zero attached hydrogens (tertiary/aromatic N) is 1. The third kappa shape index (κ3) is 9.47. The molecule has 1 aliphatic heterocycles. The molecule has 174 valence electrons. The minimum Gasteiger partial charge on any atom is -0.491 e. The standard InChI is InChI=1S/C22H30N2O2.C2H2O4/c1-18-7-5-6-10-22(18)26-17-21(25)15-23-20-11-13-24(14-12-20)16-19-8-3-2-4-9-19;3-1(4)2(5)6/h2-10,20-21,23,25H,11-17H2,1H3;(H,3,4)(H,5,6). The van der Waals surface area contributed by atoms with Crippen molar-refractivity contribution in [2.75, 3.05) is 26.2 Å². The predicted molar refractivity (Wildman–Crippen MR) is 121 cm³/mol. The molecule has 8 nitrogen and oxygen atoms in total. The summed E-state index contributed by atoms with van der Waals surface area (Å²) in [6.07, 6.45) is 1.76. The fourth-order valence-electron chi connectivity index (χ4n) is 3.40. The summed E-state index contributed by atoms with van der Waals surface area (Å²) in [5, 5.41) is 28.5. The molecule has 0 bridgehead atoms. The number of likely N-dealkylation sites (tertiary alicyclic amines) is 1. The Labute approximate surface area is 188 Å². The minimum absolute atomic E-state index is 0.324. The van der Waals surface area contributed by atoms with Crippen LogP contribution in [0.3, 0.4) is 0 Å². The smallest absolute Gasteiger partial charge is 0.414 e. The van der Waals surface area contributed by atoms with Gasteiger partial charge in [0.25, 0.3) is 0 Å². The van der Waals surface area contributed by atoms with E-state index in [-0.39, 0.29) is 0 Å². The Morgan fingerprint density at radius 3 is 2.22 bits per heavy atom. The molecule has 1 aliphatic rings. The number of hydrogen-bond acceptors (Lipinski definition) is 6. The fourth-order valence-corrected chi connectivity index (χ4v) is 3.40. The number of aliphatic hydroxyl groups excluding tert-OH is 1. The van der Waals surface area contributed by atoms with Crippen LogP contribution < -0.4 is 10.1 Å². The molecule has 0 amide bonds. The molecule has 3 rings (SSSR count). The Kier molecular flexibility index (Phi) is 10.7. The largest absolute Gasteiger partial charge is 0.491 e. The molecule has 4 N–H and O–H groups in total. The highest BCUT2D eigenvalue weighted by Crippen LogP contribution is 2.16. The van der Waals surface area contributed by atoms with Crippen LogP contribution in [0.5, 0.6) is 5.75 Å². The van der Waals surface area contributed by atoms with Crippen LogP contribution in [0, 0.1) is 6.92 Å². The Bertz CT molecular complexity index is 825. The van der Waals surface area contributed by atoms with Gasteiger partial charge in [0, 0.05) is 19.1 Å². The highest BCUT2D eigenvalue weighted by molar-refractivity contribution is 6.27. The monoisotopic (exact) mass is 444 g/mol. The second-order valence-electron chi connectivity index (χ2n) is 7.78. The average Bonchev–Trinajstić information content (AvgIpc) is 2.79. The molecule has 0 saturated carbocycles. The number of aliphatic hydroxyl groups is 1. The van der Waals surface area contributed by atoms with E-state index >= 15 is 0 Å². The molecule has 1 saturated heterocycles. The van der Waals surface area contributed by atoms with Gasteiger partial charge in [0.15, 0.2) is 0 Å². The van der Waals surface area contributed by atoms with Gasteiger partial charge in [0.1, 0.15) is 18.5 Å². The molecule has 0 aromatic heterocycles. The van der Waals surface area contributed by atoms with Gasteiger partial charge in [-0.25, -0.2) is 9.59 Å². The number of rotatable bonds is 8. The molecule has 0 radical (unpaired) electrons. The Morgan fingerprint density at radius 1 is 1.03 bits per heavy atom. The summed E-state index contributed by atoms with van der Waals surface area (Å²) < 4.78 is 5.72. The maximum absolute atomic E-state index is 10.2. The molecule has 0 aliphatic carbocycles. The van der Waals surface area contributed by atoms with Crippen molar-refractivity contribution in [3.05, 3.63) is 65.7 Å². The van der Waals surface area contributed by atoms with E-state index in [2.05, 4.69) is 40.5 Å². The number of aliphatic carboxylic acids is 2. The number of carboxylic acids is 2. The Morgan fingerprint density at radius 2 is 1.62 bits per heavy atom. The summed E-state index contributed by atoms with van der Waals surface area (Å²) in [7, 11) is 0. The van der Waals surface area contributed by atoms with E-state index in [4.69, 9.17) is 24.5 Å². The van der Waals surface area contributed by atoms with Crippen LogP contribution in [0.25, 0.3) is 0 Å². The van der Waals surface area contributed by atoms with Gasteiger partial charge < -0.3 is 25.4 Å². The summed E-state index contributed by atoms with van der Waals surface area (Å²) in [4.78, 5) is 20.7. The van der Waals surface area contributed by atoms with Crippen molar-refractivity contribution in [2.24, 2.45) is 0 Å². The first-order valence-corrected chi connectivity index (χ1v) is 10.7. The predicted octanol–water partition coefficient (Wildman–Crippen LogP) is 2.14. The van der Waals surface area contributed by atoms with Crippen molar-refractivity contribution in [3.63, 3.8) is 0 Å². The van der Waals surface area contributed by atoms with Gasteiger partial charge in [0.2, 0.25) is 0 Å². The first-order chi connectivity index (χ1) is 15.3. The lowest BCUT2D eigenvalue weighted by Gasteiger charge is -2.33. The van der Waals surface area contributed by atoms with Crippen LogP contribution in [0.2, 0.25) is 0 Å². The molecule has 8 heteroatoms. The van der Waals surface area contributed by atoms with Crippen LogP contribution >= 0.6 is 0 Å². The summed E-state index contributed by atoms with van der Waals surface area (Å²) in [5.74, 6) is -2.80. The van der Waals surface area contributed by atoms with Crippen LogP contribution in [-0.2, 0) is 16.1 Å². The van der Waals surface area contributed by atoms with Gasteiger partial charge in [-0.05, 0) is 50.0 Å². The highest BCUT2D eigenvalue weighted by Gasteiger charge is 2.19. The lowest BCUT2D eigenvalue weighted by Crippen LogP contribution is -2.45. The van der Waals surface area contributed by atoms with E-state index in [0.717, 1.165) is 43.8 Å². The summed E-state index contributed by atoms with van der Waals surface area (Å²) in [5.41, 5.74) is 2.47. The molecular formula is C24H32N2O6. The van der Waals surface area contributed by atoms with Crippen LogP contribution in [-0.4, -0.2) is 70.5 Å². The van der Waals surface area contributed by atoms with Crippen molar-refractivity contribution in [1.29, 1.82) is 0 Å². The molecule has 2 aromatic carbocycles. The first-order valence-electron chi connectivity index (χ1n) is 10.7. The van der Waals surface area contributed by atoms with E-state index in [1.165, 1.54) is 5.56 Å². The zero-order valence-electron chi connectivity index (χ0n) is 18.3. The second kappa shape index (κ2) is 13.5. The van der Waals surface area contributed by atoms with E-state index in [0.29, 0.717) is 19.2 Å². The third-order valence-corrected chi connectivity index (χ3v) is 5.19. The van der Waals surface area contributed by atoms with Crippen molar-refractivity contribution in [1.82, 2.24) is 10.2 Å². The molecule has 0 spiro atoms. The van der Waals surface area contributed by atoms with E-state index in [9.17, 15) is 5.11 Å². The number of para-hydroxylation sites is 1. The zero-order chi connectivity index (χ0) is 23.3. The zero-order valence-corrected chi connectivity index (χ0v) is 18.3. The van der Waals surface area contributed by atoms with Crippen molar-refractivity contribution in [3.8, 4) is 5.75 Å². The number of aryl methyl sites for hydroxylation is 1. The second-order valence-corrected chi connectivity index (χ2v) is 7.78. The number of benzene rings is 2. The molecule has 1 heterocycles. The quantitative estimate of drug-likeness (QED) is 0.457. The van der Waals surface area contributed by atoms with Crippen molar-refractivity contribution >= 4 is 11.9 Å². The van der Waals surface area contributed by atoms with Gasteiger partial charge in [-0.1, -0.05) is 48.5 Å². The summed E-state index contributed by atoms with van der Waals surface area (Å²) >= 11 is 0. The van der Waals surface area contributed by atoms with E-state index < -0.39 is 18.0 Å². The van der Waals surface area contributed by atoms with E-state index in [1.807, 2.05) is 31.2 Å². The number of nitrogens with one attached hydrogen (secondary N) is 1. The molecule has 32 heavy (non-hydrogen) atoms. The number of carbonyl (C=O) groups is 2. The fraction of sp³-hybridized carbons (Fsp3) is 0.417. The van der Waals surface area contributed by atoms with Gasteiger partial charge in [-0.15, -0.1) is 0 Å². The maximum atomic E-state index is 10.2. The van der Waals surface area contributed by atoms with Crippen molar-refractivity contribution < 1.29 is 29.6 Å². The molecular weight excluding hydrogens is 412 g/mol. The molecule has 1 fully saturated rings. The normalized spacial score (nSPS) is 15.3. The number of carboxylic acid groups (broad SMARTS) is 2. The summed E-state index contributed by atoms with van der Waals surface area (Å²) in [6.45, 7) is 6.15. The molecule has 1 atom stereocenters. The van der Waals surface area contributed by atoms with Crippen LogP contribution in [0.4, 0.5) is 0 Å². The average molecular weight is 445 g/mol. The maximum Gasteiger partial charge on any atom is 0.414 e. The van der Waals surface area contributed by atoms with E-state index in [1.54, 1.807) is 0 Å². The van der Waals surface area contributed by atoms with Gasteiger partial charge in [0.05, 0.1) is 0 Å². The van der Waals surface area contributed by atoms with Gasteiger partial charge in [-0.3, -0.25) is 4.90 Å². The summed E-state index contributed by atoms with van der Waals surface area (Å²) in [6, 6.07) is 19.0. The molecule has 1 unspecified atom stereocenters. The first kappa shape index (κ1) is 25.3. The minimum atomic E-state index is -1.82. The van der Waals surface area contributed by atoms with Gasteiger partial charge in [-0.2, -0.15) is 0 Å². The Balaban J connectivity index is 0.000000534. The lowest BCUT2D eigenvalue weighted by atomic mass is 10.0. The lowest BCUT2D eigenvalue weighted by molar-refractivity contribution is -0.159. The molecule has 2 aromatic rings. The van der Waals surface area contributed by atoms with Gasteiger partial charge >= 0.3 is 11.9 Å². The van der Waals surface area contributed by atoms with Crippen LogP contribution in [0.1, 0.15) is 24.0 Å². The van der Waals surface area contributed by atoms with Crippen LogP contribution in [0.15, 0.2) is 54.6 Å². The van der Waals surface area contributed by atoms with Crippen molar-refractivity contribution in [2.45, 2.75) is 38.5 Å². The Hall–Kier alpha value is -2.94. The SMILES string of the molecule is Cc1ccccc1OCC(O)CNC1CCN(Cc2ccccc2)CC1.O=C(O)C(=O)O. The topological polar surface area (TPSA) is 119 Å². The third-order valence-electron chi connectivity index (χ3n) is 5.19. The number of piperidine rings is 1. The number of hydrogen-bond donors (Lipinski definition) is 4.